The molecule has 0 N–H and O–H groups in total. The largest absolute Gasteiger partial charge is 0.484 e. The highest BCUT2D eigenvalue weighted by atomic mass is 16.7. The minimum absolute atomic E-state index is 0.0218. The second-order valence-electron chi connectivity index (χ2n) is 8.26. The second-order valence-corrected chi connectivity index (χ2v) is 8.26. The lowest BCUT2D eigenvalue weighted by molar-refractivity contribution is -0.159. The molecule has 4 atom stereocenters. The Morgan fingerprint density at radius 3 is 2.59 bits per heavy atom. The summed E-state index contributed by atoms with van der Waals surface area (Å²) >= 11 is 0. The van der Waals surface area contributed by atoms with Crippen molar-refractivity contribution in [3.63, 3.8) is 0 Å². The third-order valence-electron chi connectivity index (χ3n) is 5.85. The van der Waals surface area contributed by atoms with E-state index in [0.29, 0.717) is 17.1 Å². The Morgan fingerprint density at radius 1 is 1.10 bits per heavy atom. The molecule has 1 saturated heterocycles. The third kappa shape index (κ3) is 2.82. The van der Waals surface area contributed by atoms with Crippen LogP contribution in [0.15, 0.2) is 42.5 Å². The molecule has 6 heteroatoms. The van der Waals surface area contributed by atoms with E-state index in [1.54, 1.807) is 12.1 Å². The second kappa shape index (κ2) is 6.32. The van der Waals surface area contributed by atoms with Crippen molar-refractivity contribution in [2.24, 2.45) is 0 Å². The quantitative estimate of drug-likeness (QED) is 0.719. The molecule has 29 heavy (non-hydrogen) atoms. The van der Waals surface area contributed by atoms with Crippen molar-refractivity contribution < 1.29 is 28.5 Å². The van der Waals surface area contributed by atoms with Gasteiger partial charge in [0.25, 0.3) is 0 Å². The van der Waals surface area contributed by atoms with Crippen LogP contribution in [0.3, 0.4) is 0 Å². The number of ether oxygens (including phenoxy) is 4. The zero-order valence-corrected chi connectivity index (χ0v) is 16.5. The molecule has 1 fully saturated rings. The lowest BCUT2D eigenvalue weighted by Crippen LogP contribution is -2.38. The van der Waals surface area contributed by atoms with Crippen LogP contribution in [-0.2, 0) is 14.3 Å². The van der Waals surface area contributed by atoms with Gasteiger partial charge in [-0.3, -0.25) is 9.59 Å². The van der Waals surface area contributed by atoms with Crippen LogP contribution in [-0.4, -0.2) is 29.7 Å². The van der Waals surface area contributed by atoms with E-state index in [0.717, 1.165) is 11.1 Å². The van der Waals surface area contributed by atoms with Crippen molar-refractivity contribution in [1.29, 1.82) is 0 Å². The predicted octanol–water partition coefficient (Wildman–Crippen LogP) is 3.94. The maximum absolute atomic E-state index is 12.9. The van der Waals surface area contributed by atoms with Crippen LogP contribution in [0.1, 0.15) is 60.7 Å². The molecule has 0 saturated carbocycles. The molecule has 5 rings (SSSR count). The molecule has 0 bridgehead atoms. The van der Waals surface area contributed by atoms with Gasteiger partial charge in [0.2, 0.25) is 6.29 Å². The normalized spacial score (nSPS) is 28.6. The van der Waals surface area contributed by atoms with Gasteiger partial charge in [-0.05, 0) is 31.5 Å². The first-order chi connectivity index (χ1) is 13.8. The fraction of sp³-hybridized carbons (Fsp3) is 0.391. The highest BCUT2D eigenvalue weighted by Gasteiger charge is 2.59. The molecule has 0 aliphatic carbocycles. The zero-order valence-electron chi connectivity index (χ0n) is 16.5. The van der Waals surface area contributed by atoms with Gasteiger partial charge in [0.15, 0.2) is 5.78 Å². The number of Topliss-reactive ketones (excluding diaryl/α,β-unsaturated/α-hetero) is 1. The van der Waals surface area contributed by atoms with E-state index in [1.807, 2.05) is 44.2 Å². The fourth-order valence-electron chi connectivity index (χ4n) is 4.58. The van der Waals surface area contributed by atoms with Gasteiger partial charge in [0.05, 0.1) is 23.5 Å². The van der Waals surface area contributed by atoms with Crippen molar-refractivity contribution >= 4 is 11.8 Å². The smallest absolute Gasteiger partial charge is 0.303 e. The lowest BCUT2D eigenvalue weighted by atomic mass is 9.85. The van der Waals surface area contributed by atoms with Gasteiger partial charge in [-0.25, -0.2) is 0 Å². The van der Waals surface area contributed by atoms with Crippen LogP contribution in [0.25, 0.3) is 0 Å². The molecule has 3 aliphatic rings. The molecule has 0 amide bonds. The molecule has 6 nitrogen and oxygen atoms in total. The summed E-state index contributed by atoms with van der Waals surface area (Å²) in [4.78, 5) is 24.7. The summed E-state index contributed by atoms with van der Waals surface area (Å²) in [5.74, 6) is 0.394. The highest BCUT2D eigenvalue weighted by Crippen LogP contribution is 2.56. The maximum Gasteiger partial charge on any atom is 0.303 e. The first-order valence-electron chi connectivity index (χ1n) is 9.78. The molecule has 3 aliphatic heterocycles. The van der Waals surface area contributed by atoms with Crippen molar-refractivity contribution in [2.45, 2.75) is 57.2 Å². The van der Waals surface area contributed by atoms with E-state index < -0.39 is 18.0 Å². The van der Waals surface area contributed by atoms with E-state index in [1.165, 1.54) is 6.92 Å². The van der Waals surface area contributed by atoms with Crippen molar-refractivity contribution in [1.82, 2.24) is 0 Å². The van der Waals surface area contributed by atoms with Gasteiger partial charge in [-0.2, -0.15) is 0 Å². The first-order valence-corrected chi connectivity index (χ1v) is 9.78. The number of ketones is 1. The molecular weight excluding hydrogens is 372 g/mol. The van der Waals surface area contributed by atoms with E-state index in [-0.39, 0.29) is 30.2 Å². The summed E-state index contributed by atoms with van der Waals surface area (Å²) in [7, 11) is 0. The van der Waals surface area contributed by atoms with Crippen LogP contribution in [0.5, 0.6) is 11.5 Å². The Bertz CT molecular complexity index is 996. The van der Waals surface area contributed by atoms with Crippen LogP contribution >= 0.6 is 0 Å². The topological polar surface area (TPSA) is 71.1 Å². The van der Waals surface area contributed by atoms with Gasteiger partial charge in [-0.1, -0.05) is 30.3 Å². The maximum atomic E-state index is 12.9. The average molecular weight is 394 g/mol. The predicted molar refractivity (Wildman–Crippen MR) is 103 cm³/mol. The van der Waals surface area contributed by atoms with E-state index in [2.05, 4.69) is 0 Å². The van der Waals surface area contributed by atoms with Gasteiger partial charge in [0.1, 0.15) is 29.3 Å². The minimum Gasteiger partial charge on any atom is -0.484 e. The summed E-state index contributed by atoms with van der Waals surface area (Å²) in [6.45, 7) is 5.12. The van der Waals surface area contributed by atoms with E-state index >= 15 is 0 Å². The number of benzene rings is 2. The van der Waals surface area contributed by atoms with Crippen molar-refractivity contribution in [2.75, 3.05) is 0 Å². The Labute approximate surface area is 168 Å². The minimum atomic E-state index is -0.723. The monoisotopic (exact) mass is 394 g/mol. The van der Waals surface area contributed by atoms with Crippen LogP contribution in [0, 0.1) is 0 Å². The molecular formula is C23H22O6. The number of rotatable bonds is 2. The standard InChI is InChI=1S/C23H22O6/c1-12(24)26-21-19-18-16(28-22(19)29-23(21,2)3)10-9-14-15(25)11-17(27-20(14)18)13-7-5-4-6-8-13/h4-10,17,19,21-22H,11H2,1-3H3/t17-,19-,21-,22+/m0/s1. The summed E-state index contributed by atoms with van der Waals surface area (Å²) in [6.07, 6.45) is -1.23. The molecule has 0 unspecified atom stereocenters. The zero-order chi connectivity index (χ0) is 20.3. The molecule has 0 spiro atoms. The summed E-state index contributed by atoms with van der Waals surface area (Å²) in [6, 6.07) is 13.2. The number of hydrogen-bond donors (Lipinski definition) is 0. The summed E-state index contributed by atoms with van der Waals surface area (Å²) in [5, 5.41) is 0. The summed E-state index contributed by atoms with van der Waals surface area (Å²) < 4.78 is 24.1. The number of esters is 1. The SMILES string of the molecule is CC(=O)O[C@H]1[C@@H]2c3c(ccc4c3O[C@H](c3ccccc3)CC4=O)O[C@@H]2OC1(C)C. The van der Waals surface area contributed by atoms with Gasteiger partial charge in [-0.15, -0.1) is 0 Å². The van der Waals surface area contributed by atoms with Gasteiger partial charge < -0.3 is 18.9 Å². The number of carbonyl (C=O) groups excluding carboxylic acids is 2. The van der Waals surface area contributed by atoms with Crippen LogP contribution in [0.4, 0.5) is 0 Å². The van der Waals surface area contributed by atoms with Crippen LogP contribution in [0.2, 0.25) is 0 Å². The van der Waals surface area contributed by atoms with Gasteiger partial charge in [0, 0.05) is 6.92 Å². The molecule has 2 aromatic rings. The fourth-order valence-corrected chi connectivity index (χ4v) is 4.58. The van der Waals surface area contributed by atoms with E-state index in [9.17, 15) is 9.59 Å². The number of carbonyl (C=O) groups is 2. The van der Waals surface area contributed by atoms with E-state index in [4.69, 9.17) is 18.9 Å². The lowest BCUT2D eigenvalue weighted by Gasteiger charge is -2.31. The molecule has 3 heterocycles. The Kier molecular flexibility index (Phi) is 3.96. The molecule has 2 aromatic carbocycles. The number of fused-ring (bicyclic) bond motifs is 5. The Balaban J connectivity index is 1.60. The van der Waals surface area contributed by atoms with Crippen molar-refractivity contribution in [3.8, 4) is 11.5 Å². The Hall–Kier alpha value is -2.86. The summed E-state index contributed by atoms with van der Waals surface area (Å²) in [5.41, 5.74) is 1.50. The molecule has 0 radical (unpaired) electrons. The first kappa shape index (κ1) is 18.2. The van der Waals surface area contributed by atoms with Gasteiger partial charge >= 0.3 is 5.97 Å². The third-order valence-corrected chi connectivity index (χ3v) is 5.85. The van der Waals surface area contributed by atoms with Crippen molar-refractivity contribution in [3.05, 3.63) is 59.2 Å². The van der Waals surface area contributed by atoms with Crippen LogP contribution < -0.4 is 9.47 Å². The molecule has 0 aromatic heterocycles. The average Bonchev–Trinajstić information content (AvgIpc) is 3.14. The highest BCUT2D eigenvalue weighted by molar-refractivity contribution is 6.01. The molecule has 150 valence electrons. The number of hydrogen-bond acceptors (Lipinski definition) is 6. The Morgan fingerprint density at radius 2 is 1.86 bits per heavy atom.